The number of benzene rings is 2. The van der Waals surface area contributed by atoms with Crippen LogP contribution in [0.3, 0.4) is 0 Å². The molecule has 182 valence electrons. The number of rotatable bonds is 8. The molecule has 2 aromatic heterocycles. The zero-order valence-corrected chi connectivity index (χ0v) is 20.7. The van der Waals surface area contributed by atoms with Crippen molar-refractivity contribution in [1.29, 1.82) is 0 Å². The molecular weight excluding hydrogens is 436 g/mol. The molecule has 1 saturated carbocycles. The summed E-state index contributed by atoms with van der Waals surface area (Å²) in [5.41, 5.74) is 5.25. The van der Waals surface area contributed by atoms with Crippen molar-refractivity contribution in [2.24, 2.45) is 0 Å². The molecule has 7 heteroatoms. The highest BCUT2D eigenvalue weighted by molar-refractivity contribution is 5.83. The van der Waals surface area contributed by atoms with Gasteiger partial charge in [0.25, 0.3) is 5.56 Å². The van der Waals surface area contributed by atoms with Crippen molar-refractivity contribution in [2.75, 3.05) is 6.54 Å². The van der Waals surface area contributed by atoms with E-state index < -0.39 is 0 Å². The summed E-state index contributed by atoms with van der Waals surface area (Å²) >= 11 is 0. The molecule has 5 rings (SSSR count). The standard InChI is InChI=1S/C28H34N6O/c1-20-15-21(2)25-17-23(28(35)29-26(25)16-20)18-33(14-13-22-9-5-3-6-10-22)19-27-30-31-32-34(27)24-11-7-4-8-12-24/h3,5-6,9-10,15-17,24H,4,7-8,11-14,18-19H2,1-2H3,(H,29,35). The monoisotopic (exact) mass is 470 g/mol. The second-order valence-electron chi connectivity index (χ2n) is 9.94. The molecule has 2 aromatic carbocycles. The SMILES string of the molecule is Cc1cc(C)c2cc(CN(CCc3ccccc3)Cc3nnnn3C3CCCCC3)c(=O)[nH]c2c1. The number of aromatic amines is 1. The van der Waals surface area contributed by atoms with Gasteiger partial charge in [-0.3, -0.25) is 9.69 Å². The minimum Gasteiger partial charge on any atom is -0.322 e. The molecular formula is C28H34N6O. The van der Waals surface area contributed by atoms with Gasteiger partial charge < -0.3 is 4.98 Å². The van der Waals surface area contributed by atoms with Crippen LogP contribution in [0.1, 0.15) is 66.2 Å². The van der Waals surface area contributed by atoms with E-state index in [2.05, 4.69) is 75.7 Å². The lowest BCUT2D eigenvalue weighted by molar-refractivity contribution is 0.235. The quantitative estimate of drug-likeness (QED) is 0.397. The van der Waals surface area contributed by atoms with E-state index in [1.807, 2.05) is 16.8 Å². The molecule has 7 nitrogen and oxygen atoms in total. The van der Waals surface area contributed by atoms with Gasteiger partial charge in [-0.2, -0.15) is 0 Å². The van der Waals surface area contributed by atoms with Crippen molar-refractivity contribution in [3.63, 3.8) is 0 Å². The Kier molecular flexibility index (Phi) is 7.04. The van der Waals surface area contributed by atoms with Gasteiger partial charge in [0, 0.05) is 29.6 Å². The summed E-state index contributed by atoms with van der Waals surface area (Å²) < 4.78 is 2.03. The van der Waals surface area contributed by atoms with Crippen LogP contribution in [0.2, 0.25) is 0 Å². The van der Waals surface area contributed by atoms with Crippen molar-refractivity contribution < 1.29 is 0 Å². The normalized spacial score (nSPS) is 14.7. The first-order valence-electron chi connectivity index (χ1n) is 12.7. The number of aryl methyl sites for hydroxylation is 2. The molecule has 0 spiro atoms. The van der Waals surface area contributed by atoms with Gasteiger partial charge in [0.05, 0.1) is 12.6 Å². The Balaban J connectivity index is 1.42. The highest BCUT2D eigenvalue weighted by Crippen LogP contribution is 2.28. The highest BCUT2D eigenvalue weighted by Gasteiger charge is 2.22. The Morgan fingerprint density at radius 2 is 1.83 bits per heavy atom. The van der Waals surface area contributed by atoms with Gasteiger partial charge in [-0.05, 0) is 72.4 Å². The van der Waals surface area contributed by atoms with Crippen LogP contribution in [0.4, 0.5) is 0 Å². The van der Waals surface area contributed by atoms with Gasteiger partial charge in [-0.25, -0.2) is 4.68 Å². The van der Waals surface area contributed by atoms with E-state index in [9.17, 15) is 4.79 Å². The van der Waals surface area contributed by atoms with Crippen LogP contribution < -0.4 is 5.56 Å². The minimum atomic E-state index is -0.0286. The number of tetrazole rings is 1. The maximum atomic E-state index is 13.1. The highest BCUT2D eigenvalue weighted by atomic mass is 16.1. The first-order valence-corrected chi connectivity index (χ1v) is 12.7. The zero-order chi connectivity index (χ0) is 24.2. The third kappa shape index (κ3) is 5.51. The summed E-state index contributed by atoms with van der Waals surface area (Å²) in [5, 5.41) is 13.9. The van der Waals surface area contributed by atoms with E-state index in [1.165, 1.54) is 30.4 Å². The Labute approximate surface area is 206 Å². The largest absolute Gasteiger partial charge is 0.322 e. The number of aromatic nitrogens is 5. The number of fused-ring (bicyclic) bond motifs is 1. The first kappa shape index (κ1) is 23.4. The van der Waals surface area contributed by atoms with E-state index in [1.54, 1.807) is 0 Å². The number of hydrogen-bond acceptors (Lipinski definition) is 5. The molecule has 0 unspecified atom stereocenters. The summed E-state index contributed by atoms with van der Waals surface area (Å²) in [6.07, 6.45) is 6.91. The summed E-state index contributed by atoms with van der Waals surface area (Å²) in [4.78, 5) is 18.5. The average Bonchev–Trinajstić information content (AvgIpc) is 3.32. The smallest absolute Gasteiger partial charge is 0.252 e. The predicted octanol–water partition coefficient (Wildman–Crippen LogP) is 4.88. The molecule has 0 radical (unpaired) electrons. The van der Waals surface area contributed by atoms with E-state index in [0.29, 0.717) is 19.1 Å². The third-order valence-corrected chi connectivity index (χ3v) is 7.19. The van der Waals surface area contributed by atoms with Crippen LogP contribution in [-0.2, 0) is 19.5 Å². The lowest BCUT2D eigenvalue weighted by atomic mass is 9.95. The maximum Gasteiger partial charge on any atom is 0.252 e. The summed E-state index contributed by atoms with van der Waals surface area (Å²) in [5.74, 6) is 0.883. The molecule has 0 bridgehead atoms. The van der Waals surface area contributed by atoms with Crippen molar-refractivity contribution >= 4 is 10.9 Å². The number of hydrogen-bond donors (Lipinski definition) is 1. The molecule has 1 aliphatic carbocycles. The number of H-pyrrole nitrogens is 1. The van der Waals surface area contributed by atoms with Gasteiger partial charge in [-0.15, -0.1) is 5.10 Å². The molecule has 0 amide bonds. The molecule has 0 saturated heterocycles. The molecule has 2 heterocycles. The third-order valence-electron chi connectivity index (χ3n) is 7.19. The van der Waals surface area contributed by atoms with Crippen LogP contribution in [0, 0.1) is 13.8 Å². The van der Waals surface area contributed by atoms with Gasteiger partial charge in [-0.1, -0.05) is 55.7 Å². The van der Waals surface area contributed by atoms with Crippen LogP contribution in [0.5, 0.6) is 0 Å². The topological polar surface area (TPSA) is 79.7 Å². The van der Waals surface area contributed by atoms with E-state index >= 15 is 0 Å². The summed E-state index contributed by atoms with van der Waals surface area (Å²) in [7, 11) is 0. The van der Waals surface area contributed by atoms with Crippen molar-refractivity contribution in [1.82, 2.24) is 30.1 Å². The van der Waals surface area contributed by atoms with Crippen LogP contribution >= 0.6 is 0 Å². The lowest BCUT2D eigenvalue weighted by Crippen LogP contribution is -2.30. The number of nitrogens with one attached hydrogen (secondary N) is 1. The fraction of sp³-hybridized carbons (Fsp3) is 0.429. The van der Waals surface area contributed by atoms with Crippen molar-refractivity contribution in [2.45, 2.75) is 71.5 Å². The Hall–Kier alpha value is -3.32. The average molecular weight is 471 g/mol. The Morgan fingerprint density at radius 1 is 1.03 bits per heavy atom. The number of nitrogens with zero attached hydrogens (tertiary/aromatic N) is 5. The fourth-order valence-corrected chi connectivity index (χ4v) is 5.35. The second kappa shape index (κ2) is 10.5. The van der Waals surface area contributed by atoms with E-state index in [-0.39, 0.29) is 5.56 Å². The van der Waals surface area contributed by atoms with Crippen molar-refractivity contribution in [3.05, 3.63) is 87.0 Å². The molecule has 1 N–H and O–H groups in total. The van der Waals surface area contributed by atoms with E-state index in [4.69, 9.17) is 0 Å². The minimum absolute atomic E-state index is 0.0286. The first-order chi connectivity index (χ1) is 17.1. The van der Waals surface area contributed by atoms with Gasteiger partial charge in [0.2, 0.25) is 0 Å². The zero-order valence-electron chi connectivity index (χ0n) is 20.7. The van der Waals surface area contributed by atoms with Crippen LogP contribution in [-0.4, -0.2) is 36.6 Å². The molecule has 0 aliphatic heterocycles. The molecule has 0 atom stereocenters. The van der Waals surface area contributed by atoms with Gasteiger partial charge >= 0.3 is 0 Å². The van der Waals surface area contributed by atoms with Gasteiger partial charge in [0.1, 0.15) is 0 Å². The molecule has 35 heavy (non-hydrogen) atoms. The lowest BCUT2D eigenvalue weighted by Gasteiger charge is -2.25. The molecule has 4 aromatic rings. The Morgan fingerprint density at radius 3 is 2.63 bits per heavy atom. The summed E-state index contributed by atoms with van der Waals surface area (Å²) in [6, 6.07) is 17.1. The second-order valence-corrected chi connectivity index (χ2v) is 9.94. The van der Waals surface area contributed by atoms with Crippen molar-refractivity contribution in [3.8, 4) is 0 Å². The fourth-order valence-electron chi connectivity index (χ4n) is 5.35. The molecule has 1 aliphatic rings. The maximum absolute atomic E-state index is 13.1. The van der Waals surface area contributed by atoms with E-state index in [0.717, 1.165) is 53.7 Å². The molecule has 1 fully saturated rings. The summed E-state index contributed by atoms with van der Waals surface area (Å²) in [6.45, 7) is 6.12. The van der Waals surface area contributed by atoms with Gasteiger partial charge in [0.15, 0.2) is 5.82 Å². The Bertz CT molecular complexity index is 1340. The number of pyridine rings is 1. The van der Waals surface area contributed by atoms with Crippen LogP contribution in [0.25, 0.3) is 10.9 Å². The van der Waals surface area contributed by atoms with Crippen LogP contribution in [0.15, 0.2) is 53.3 Å². The predicted molar refractivity (Wildman–Crippen MR) is 138 cm³/mol.